The maximum absolute atomic E-state index is 4.39. The van der Waals surface area contributed by atoms with Crippen LogP contribution >= 0.6 is 0 Å². The Balaban J connectivity index is 2.02. The Morgan fingerprint density at radius 3 is 2.59 bits per heavy atom. The van der Waals surface area contributed by atoms with Gasteiger partial charge in [-0.1, -0.05) is 13.8 Å². The molecule has 1 heterocycles. The molecule has 0 spiro atoms. The third-order valence-electron chi connectivity index (χ3n) is 3.83. The Labute approximate surface area is 104 Å². The molecule has 1 N–H and O–H groups in total. The molecule has 0 radical (unpaired) electrons. The van der Waals surface area contributed by atoms with Crippen molar-refractivity contribution in [1.29, 1.82) is 0 Å². The summed E-state index contributed by atoms with van der Waals surface area (Å²) in [5, 5.41) is 3.60. The van der Waals surface area contributed by atoms with Crippen molar-refractivity contribution in [2.24, 2.45) is 11.3 Å². The number of nitrogens with zero attached hydrogens (tertiary/aromatic N) is 2. The standard InChI is InChI=1S/C14H23N3/c1-13(2,3)17-8-10-12(14(10,4)5)11-6-7-15-9-16-11/h6-7,9-10,12,17H,8H2,1-5H3. The molecule has 3 nitrogen and oxygen atoms in total. The molecular weight excluding hydrogens is 210 g/mol. The number of hydrogen-bond acceptors (Lipinski definition) is 3. The van der Waals surface area contributed by atoms with E-state index < -0.39 is 0 Å². The van der Waals surface area contributed by atoms with Gasteiger partial charge in [-0.3, -0.25) is 0 Å². The van der Waals surface area contributed by atoms with Crippen molar-refractivity contribution in [3.05, 3.63) is 24.3 Å². The number of aromatic nitrogens is 2. The van der Waals surface area contributed by atoms with Gasteiger partial charge >= 0.3 is 0 Å². The fourth-order valence-corrected chi connectivity index (χ4v) is 2.61. The van der Waals surface area contributed by atoms with Gasteiger partial charge in [-0.2, -0.15) is 0 Å². The van der Waals surface area contributed by atoms with Crippen molar-refractivity contribution >= 4 is 0 Å². The lowest BCUT2D eigenvalue weighted by molar-refractivity contribution is 0.396. The van der Waals surface area contributed by atoms with Crippen LogP contribution in [0.5, 0.6) is 0 Å². The second-order valence-electron chi connectivity index (χ2n) is 6.67. The van der Waals surface area contributed by atoms with Crippen LogP contribution < -0.4 is 5.32 Å². The van der Waals surface area contributed by atoms with Crippen LogP contribution in [0.25, 0.3) is 0 Å². The zero-order chi connectivity index (χ0) is 12.7. The van der Waals surface area contributed by atoms with Crippen LogP contribution in [0.3, 0.4) is 0 Å². The van der Waals surface area contributed by atoms with Crippen molar-refractivity contribution < 1.29 is 0 Å². The summed E-state index contributed by atoms with van der Waals surface area (Å²) in [6, 6.07) is 2.05. The smallest absolute Gasteiger partial charge is 0.115 e. The normalized spacial score (nSPS) is 26.9. The van der Waals surface area contributed by atoms with Crippen molar-refractivity contribution in [2.75, 3.05) is 6.54 Å². The average molecular weight is 233 g/mol. The maximum Gasteiger partial charge on any atom is 0.115 e. The zero-order valence-electron chi connectivity index (χ0n) is 11.5. The molecule has 1 aliphatic carbocycles. The van der Waals surface area contributed by atoms with Crippen LogP contribution in [-0.2, 0) is 0 Å². The summed E-state index contributed by atoms with van der Waals surface area (Å²) < 4.78 is 0. The molecule has 2 unspecified atom stereocenters. The summed E-state index contributed by atoms with van der Waals surface area (Å²) >= 11 is 0. The van der Waals surface area contributed by atoms with E-state index in [0.29, 0.717) is 17.3 Å². The Kier molecular flexibility index (Phi) is 2.98. The van der Waals surface area contributed by atoms with E-state index in [1.807, 2.05) is 12.3 Å². The van der Waals surface area contributed by atoms with E-state index in [2.05, 4.69) is 49.9 Å². The minimum absolute atomic E-state index is 0.189. The largest absolute Gasteiger partial charge is 0.312 e. The highest BCUT2D eigenvalue weighted by Crippen LogP contribution is 2.63. The molecule has 0 aliphatic heterocycles. The SMILES string of the molecule is CC(C)(C)NCC1C(c2ccncn2)C1(C)C. The molecule has 1 fully saturated rings. The molecule has 94 valence electrons. The monoisotopic (exact) mass is 233 g/mol. The second kappa shape index (κ2) is 4.05. The van der Waals surface area contributed by atoms with E-state index >= 15 is 0 Å². The van der Waals surface area contributed by atoms with Gasteiger partial charge in [0.05, 0.1) is 0 Å². The summed E-state index contributed by atoms with van der Waals surface area (Å²) in [6.45, 7) is 12.3. The Morgan fingerprint density at radius 1 is 1.35 bits per heavy atom. The van der Waals surface area contributed by atoms with Crippen LogP contribution in [0.2, 0.25) is 0 Å². The number of rotatable bonds is 3. The summed E-state index contributed by atoms with van der Waals surface area (Å²) in [5.41, 5.74) is 1.73. The highest BCUT2D eigenvalue weighted by atomic mass is 15.0. The first-order chi connectivity index (χ1) is 7.82. The molecule has 1 aromatic heterocycles. The van der Waals surface area contributed by atoms with Crippen LogP contribution in [0, 0.1) is 11.3 Å². The molecule has 0 bridgehead atoms. The van der Waals surface area contributed by atoms with E-state index in [1.54, 1.807) is 6.33 Å². The molecule has 3 heteroatoms. The molecule has 2 rings (SSSR count). The van der Waals surface area contributed by atoms with Gasteiger partial charge in [0, 0.05) is 23.3 Å². The van der Waals surface area contributed by atoms with Gasteiger partial charge in [-0.05, 0) is 44.7 Å². The first-order valence-corrected chi connectivity index (χ1v) is 6.33. The lowest BCUT2D eigenvalue weighted by Gasteiger charge is -2.21. The topological polar surface area (TPSA) is 37.8 Å². The van der Waals surface area contributed by atoms with Gasteiger partial charge in [0.1, 0.15) is 6.33 Å². The van der Waals surface area contributed by atoms with E-state index in [0.717, 1.165) is 6.54 Å². The summed E-state index contributed by atoms with van der Waals surface area (Å²) in [6.07, 6.45) is 3.49. The van der Waals surface area contributed by atoms with E-state index in [-0.39, 0.29) is 5.54 Å². The quantitative estimate of drug-likeness (QED) is 0.872. The number of hydrogen-bond donors (Lipinski definition) is 1. The van der Waals surface area contributed by atoms with Crippen LogP contribution in [0.1, 0.15) is 46.2 Å². The lowest BCUT2D eigenvalue weighted by Crippen LogP contribution is -2.37. The Hall–Kier alpha value is -0.960. The summed E-state index contributed by atoms with van der Waals surface area (Å²) in [4.78, 5) is 8.38. The fourth-order valence-electron chi connectivity index (χ4n) is 2.61. The minimum atomic E-state index is 0.189. The first kappa shape index (κ1) is 12.5. The second-order valence-corrected chi connectivity index (χ2v) is 6.67. The molecular formula is C14H23N3. The zero-order valence-corrected chi connectivity index (χ0v) is 11.5. The van der Waals surface area contributed by atoms with Gasteiger partial charge in [-0.25, -0.2) is 9.97 Å². The van der Waals surface area contributed by atoms with Crippen molar-refractivity contribution in [3.8, 4) is 0 Å². The summed E-state index contributed by atoms with van der Waals surface area (Å²) in [5.74, 6) is 1.25. The van der Waals surface area contributed by atoms with Crippen molar-refractivity contribution in [3.63, 3.8) is 0 Å². The van der Waals surface area contributed by atoms with Crippen LogP contribution in [0.4, 0.5) is 0 Å². The predicted octanol–water partition coefficient (Wildman–Crippen LogP) is 2.60. The Morgan fingerprint density at radius 2 is 2.06 bits per heavy atom. The first-order valence-electron chi connectivity index (χ1n) is 6.33. The van der Waals surface area contributed by atoms with Gasteiger partial charge < -0.3 is 5.32 Å². The summed E-state index contributed by atoms with van der Waals surface area (Å²) in [7, 11) is 0. The highest BCUT2D eigenvalue weighted by Gasteiger charge is 2.58. The molecule has 2 atom stereocenters. The molecule has 1 aromatic rings. The lowest BCUT2D eigenvalue weighted by atomic mass is 10.1. The molecule has 0 saturated heterocycles. The number of nitrogens with one attached hydrogen (secondary N) is 1. The molecule has 0 aromatic carbocycles. The van der Waals surface area contributed by atoms with Gasteiger partial charge in [0.2, 0.25) is 0 Å². The van der Waals surface area contributed by atoms with Crippen LogP contribution in [-0.4, -0.2) is 22.1 Å². The van der Waals surface area contributed by atoms with Crippen molar-refractivity contribution in [1.82, 2.24) is 15.3 Å². The van der Waals surface area contributed by atoms with E-state index in [1.165, 1.54) is 5.69 Å². The van der Waals surface area contributed by atoms with E-state index in [9.17, 15) is 0 Å². The third kappa shape index (κ3) is 2.65. The maximum atomic E-state index is 4.39. The average Bonchev–Trinajstić information content (AvgIpc) is 2.78. The molecule has 1 saturated carbocycles. The van der Waals surface area contributed by atoms with Crippen LogP contribution in [0.15, 0.2) is 18.6 Å². The molecule has 17 heavy (non-hydrogen) atoms. The highest BCUT2D eigenvalue weighted by molar-refractivity contribution is 5.25. The third-order valence-corrected chi connectivity index (χ3v) is 3.83. The van der Waals surface area contributed by atoms with Gasteiger partial charge in [0.25, 0.3) is 0 Å². The van der Waals surface area contributed by atoms with Gasteiger partial charge in [-0.15, -0.1) is 0 Å². The Bertz CT molecular complexity index is 378. The molecule has 0 amide bonds. The predicted molar refractivity (Wildman–Crippen MR) is 69.8 cm³/mol. The minimum Gasteiger partial charge on any atom is -0.312 e. The van der Waals surface area contributed by atoms with E-state index in [4.69, 9.17) is 0 Å². The van der Waals surface area contributed by atoms with Gasteiger partial charge in [0.15, 0.2) is 0 Å². The van der Waals surface area contributed by atoms with Crippen molar-refractivity contribution in [2.45, 2.75) is 46.1 Å². The fraction of sp³-hybridized carbons (Fsp3) is 0.714. The molecule has 1 aliphatic rings.